The van der Waals surface area contributed by atoms with Crippen molar-refractivity contribution in [1.82, 2.24) is 4.72 Å². The highest BCUT2D eigenvalue weighted by Crippen LogP contribution is 2.52. The molecule has 1 unspecified atom stereocenters. The molecule has 0 saturated heterocycles. The molecule has 0 bridgehead atoms. The van der Waals surface area contributed by atoms with Crippen LogP contribution in [-0.4, -0.2) is 38.8 Å². The Balaban J connectivity index is 2.94. The lowest BCUT2D eigenvalue weighted by atomic mass is 9.49. The van der Waals surface area contributed by atoms with Crippen molar-refractivity contribution in [2.75, 3.05) is 7.11 Å². The van der Waals surface area contributed by atoms with Gasteiger partial charge in [0.25, 0.3) is 0 Å². The number of sulfonamides is 1. The zero-order chi connectivity index (χ0) is 15.2. The van der Waals surface area contributed by atoms with Crippen molar-refractivity contribution in [3.05, 3.63) is 0 Å². The lowest BCUT2D eigenvalue weighted by molar-refractivity contribution is -0.139. The van der Waals surface area contributed by atoms with Crippen LogP contribution in [0.5, 0.6) is 0 Å². The second kappa shape index (κ2) is 4.71. The number of ether oxygens (including phenoxy) is 1. The number of carbonyl (C=O) groups excluding carboxylic acids is 1. The first-order valence-corrected chi connectivity index (χ1v) is 7.78. The number of hydrogen-bond donors (Lipinski definition) is 2. The number of esters is 1. The molecule has 0 radical (unpaired) electrons. The Kier molecular flexibility index (Phi) is 4.07. The largest absolute Gasteiger partial charge is 0.468 e. The van der Waals surface area contributed by atoms with Crippen LogP contribution < -0.4 is 10.5 Å². The van der Waals surface area contributed by atoms with E-state index in [0.29, 0.717) is 0 Å². The molecular weight excluding hydrogens is 268 g/mol. The molecular formula is C12H24N2O4S. The molecule has 1 aliphatic rings. The summed E-state index contributed by atoms with van der Waals surface area (Å²) in [5, 5.41) is -1.24. The third kappa shape index (κ3) is 2.51. The SMILES string of the molecule is COC(=O)C(C)S(=O)(=O)NC1C(C)(C)C(N)C1(C)C. The van der Waals surface area contributed by atoms with Crippen LogP contribution in [0.1, 0.15) is 34.6 Å². The van der Waals surface area contributed by atoms with Gasteiger partial charge in [-0.05, 0) is 17.8 Å². The Morgan fingerprint density at radius 1 is 1.26 bits per heavy atom. The smallest absolute Gasteiger partial charge is 0.325 e. The fourth-order valence-electron chi connectivity index (χ4n) is 3.04. The summed E-state index contributed by atoms with van der Waals surface area (Å²) in [6, 6.07) is -0.423. The molecule has 0 spiro atoms. The van der Waals surface area contributed by atoms with Gasteiger partial charge in [-0.3, -0.25) is 4.79 Å². The summed E-state index contributed by atoms with van der Waals surface area (Å²) in [5.41, 5.74) is 5.37. The number of rotatable bonds is 4. The minimum absolute atomic E-state index is 0.110. The first kappa shape index (κ1) is 16.4. The fraction of sp³-hybridized carbons (Fsp3) is 0.917. The molecule has 0 aliphatic heterocycles. The predicted octanol–water partition coefficient (Wildman–Crippen LogP) is 0.229. The summed E-state index contributed by atoms with van der Waals surface area (Å²) in [4.78, 5) is 11.4. The van der Waals surface area contributed by atoms with Gasteiger partial charge < -0.3 is 10.5 Å². The van der Waals surface area contributed by atoms with E-state index in [9.17, 15) is 13.2 Å². The maximum Gasteiger partial charge on any atom is 0.325 e. The van der Waals surface area contributed by atoms with Gasteiger partial charge in [-0.2, -0.15) is 0 Å². The van der Waals surface area contributed by atoms with Crippen LogP contribution in [0.4, 0.5) is 0 Å². The van der Waals surface area contributed by atoms with E-state index >= 15 is 0 Å². The Hall–Kier alpha value is -0.660. The molecule has 1 fully saturated rings. The monoisotopic (exact) mass is 292 g/mol. The highest BCUT2D eigenvalue weighted by Gasteiger charge is 2.61. The van der Waals surface area contributed by atoms with Gasteiger partial charge >= 0.3 is 5.97 Å². The zero-order valence-electron chi connectivity index (χ0n) is 12.4. The second-order valence-electron chi connectivity index (χ2n) is 6.38. The average Bonchev–Trinajstić information content (AvgIpc) is 2.32. The number of methoxy groups -OCH3 is 1. The van der Waals surface area contributed by atoms with Gasteiger partial charge in [-0.25, -0.2) is 13.1 Å². The van der Waals surface area contributed by atoms with Gasteiger partial charge in [0, 0.05) is 12.1 Å². The third-order valence-corrected chi connectivity index (χ3v) is 6.06. The van der Waals surface area contributed by atoms with Crippen LogP contribution in [0.2, 0.25) is 0 Å². The van der Waals surface area contributed by atoms with Crippen LogP contribution >= 0.6 is 0 Å². The summed E-state index contributed by atoms with van der Waals surface area (Å²) < 4.78 is 31.4. The number of nitrogens with two attached hydrogens (primary N) is 1. The number of nitrogens with one attached hydrogen (secondary N) is 1. The van der Waals surface area contributed by atoms with E-state index in [0.717, 1.165) is 0 Å². The minimum atomic E-state index is -3.78. The Bertz CT molecular complexity index is 454. The van der Waals surface area contributed by atoms with Crippen LogP contribution in [-0.2, 0) is 19.6 Å². The van der Waals surface area contributed by atoms with Gasteiger partial charge in [0.1, 0.15) is 0 Å². The molecule has 0 heterocycles. The van der Waals surface area contributed by atoms with Gasteiger partial charge in [-0.15, -0.1) is 0 Å². The lowest BCUT2D eigenvalue weighted by Crippen LogP contribution is -2.76. The zero-order valence-corrected chi connectivity index (χ0v) is 13.2. The van der Waals surface area contributed by atoms with Crippen LogP contribution in [0.3, 0.4) is 0 Å². The molecule has 6 nitrogen and oxygen atoms in total. The Morgan fingerprint density at radius 3 is 2.05 bits per heavy atom. The summed E-state index contributed by atoms with van der Waals surface area (Å²) in [6.45, 7) is 8.97. The molecule has 1 aliphatic carbocycles. The van der Waals surface area contributed by atoms with Crippen LogP contribution in [0, 0.1) is 10.8 Å². The quantitative estimate of drug-likeness (QED) is 0.723. The van der Waals surface area contributed by atoms with Crippen LogP contribution in [0.25, 0.3) is 0 Å². The molecule has 0 aromatic rings. The normalized spacial score (nSPS) is 30.3. The van der Waals surface area contributed by atoms with E-state index < -0.39 is 21.2 Å². The summed E-state index contributed by atoms with van der Waals surface area (Å²) in [7, 11) is -2.61. The first-order chi connectivity index (χ1) is 8.39. The number of carbonyl (C=O) groups is 1. The minimum Gasteiger partial charge on any atom is -0.468 e. The van der Waals surface area contributed by atoms with E-state index in [1.165, 1.54) is 14.0 Å². The number of hydrogen-bond acceptors (Lipinski definition) is 5. The molecule has 1 atom stereocenters. The van der Waals surface area contributed by atoms with Gasteiger partial charge in [0.2, 0.25) is 10.0 Å². The van der Waals surface area contributed by atoms with Gasteiger partial charge in [0.05, 0.1) is 7.11 Å². The highest BCUT2D eigenvalue weighted by atomic mass is 32.2. The van der Waals surface area contributed by atoms with Crippen molar-refractivity contribution < 1.29 is 17.9 Å². The molecule has 0 aromatic carbocycles. The van der Waals surface area contributed by atoms with Gasteiger partial charge in [-0.1, -0.05) is 27.7 Å². The van der Waals surface area contributed by atoms with E-state index in [2.05, 4.69) is 9.46 Å². The van der Waals surface area contributed by atoms with Crippen molar-refractivity contribution in [1.29, 1.82) is 0 Å². The van der Waals surface area contributed by atoms with E-state index in [1.807, 2.05) is 27.7 Å². The van der Waals surface area contributed by atoms with Gasteiger partial charge in [0.15, 0.2) is 5.25 Å². The Labute approximate surface area is 115 Å². The molecule has 3 N–H and O–H groups in total. The standard InChI is InChI=1S/C12H24N2O4S/c1-7(8(15)18-6)19(16,17)14-10-11(2,3)9(13)12(10,4)5/h7,9-10,14H,13H2,1-6H3. The summed E-state index contributed by atoms with van der Waals surface area (Å²) in [6.07, 6.45) is 0. The maximum atomic E-state index is 12.2. The van der Waals surface area contributed by atoms with Crippen LogP contribution in [0.15, 0.2) is 0 Å². The lowest BCUT2D eigenvalue weighted by Gasteiger charge is -2.62. The molecule has 19 heavy (non-hydrogen) atoms. The van der Waals surface area contributed by atoms with E-state index in [1.54, 1.807) is 0 Å². The summed E-state index contributed by atoms with van der Waals surface area (Å²) >= 11 is 0. The fourth-order valence-corrected chi connectivity index (χ4v) is 4.53. The Morgan fingerprint density at radius 2 is 1.68 bits per heavy atom. The molecule has 0 amide bonds. The molecule has 0 aromatic heterocycles. The molecule has 112 valence electrons. The van der Waals surface area contributed by atoms with E-state index in [-0.39, 0.29) is 22.9 Å². The van der Waals surface area contributed by atoms with Crippen molar-refractivity contribution in [3.63, 3.8) is 0 Å². The van der Waals surface area contributed by atoms with Crippen molar-refractivity contribution >= 4 is 16.0 Å². The van der Waals surface area contributed by atoms with Crippen molar-refractivity contribution in [2.24, 2.45) is 16.6 Å². The summed E-state index contributed by atoms with van der Waals surface area (Å²) in [5.74, 6) is -0.772. The average molecular weight is 292 g/mol. The maximum absolute atomic E-state index is 12.2. The molecule has 1 saturated carbocycles. The van der Waals surface area contributed by atoms with Crippen molar-refractivity contribution in [2.45, 2.75) is 52.0 Å². The first-order valence-electron chi connectivity index (χ1n) is 6.23. The third-order valence-electron chi connectivity index (χ3n) is 4.37. The topological polar surface area (TPSA) is 98.5 Å². The predicted molar refractivity (Wildman–Crippen MR) is 72.9 cm³/mol. The highest BCUT2D eigenvalue weighted by molar-refractivity contribution is 7.90. The van der Waals surface area contributed by atoms with Crippen molar-refractivity contribution in [3.8, 4) is 0 Å². The van der Waals surface area contributed by atoms with E-state index in [4.69, 9.17) is 5.73 Å². The molecule has 1 rings (SSSR count). The second-order valence-corrected chi connectivity index (χ2v) is 8.41. The molecule has 7 heteroatoms.